The molecular formula is C20H24N2O4. The van der Waals surface area contributed by atoms with Gasteiger partial charge in [0.15, 0.2) is 11.5 Å². The van der Waals surface area contributed by atoms with Gasteiger partial charge in [0.2, 0.25) is 0 Å². The van der Waals surface area contributed by atoms with E-state index in [0.29, 0.717) is 18.1 Å². The molecule has 1 amide bonds. The molecule has 0 aliphatic rings. The van der Waals surface area contributed by atoms with Crippen molar-refractivity contribution in [2.75, 3.05) is 7.11 Å². The first kappa shape index (κ1) is 19.5. The van der Waals surface area contributed by atoms with Crippen molar-refractivity contribution >= 4 is 12.1 Å². The number of amides is 1. The monoisotopic (exact) mass is 356 g/mol. The Bertz CT molecular complexity index is 795. The van der Waals surface area contributed by atoms with Crippen molar-refractivity contribution < 1.29 is 19.4 Å². The average molecular weight is 356 g/mol. The van der Waals surface area contributed by atoms with Crippen LogP contribution >= 0.6 is 0 Å². The molecule has 0 fully saturated rings. The standard InChI is InChI=1S/C20H24N2O4/c1-14-6-5-7-16(10-14)13-26-18-11-15(8-9-17(18)25-4)12-21-22-19(23)20(2,3)24/h5-12,24H,13H2,1-4H3,(H,22,23)/b21-12-. The molecule has 0 spiro atoms. The highest BCUT2D eigenvalue weighted by Gasteiger charge is 2.22. The van der Waals surface area contributed by atoms with E-state index < -0.39 is 11.5 Å². The highest BCUT2D eigenvalue weighted by atomic mass is 16.5. The van der Waals surface area contributed by atoms with Crippen LogP contribution in [-0.2, 0) is 11.4 Å². The molecule has 2 rings (SSSR count). The third-order valence-corrected chi connectivity index (χ3v) is 3.60. The van der Waals surface area contributed by atoms with Crippen LogP contribution in [0.5, 0.6) is 11.5 Å². The van der Waals surface area contributed by atoms with E-state index >= 15 is 0 Å². The number of hydrogen-bond acceptors (Lipinski definition) is 5. The van der Waals surface area contributed by atoms with Gasteiger partial charge in [-0.2, -0.15) is 5.10 Å². The molecule has 0 saturated carbocycles. The number of hydrogen-bond donors (Lipinski definition) is 2. The van der Waals surface area contributed by atoms with Crippen LogP contribution in [0.4, 0.5) is 0 Å². The number of rotatable bonds is 7. The second kappa shape index (κ2) is 8.49. The van der Waals surface area contributed by atoms with Crippen LogP contribution in [0.15, 0.2) is 47.6 Å². The molecule has 2 N–H and O–H groups in total. The number of nitrogens with one attached hydrogen (secondary N) is 1. The van der Waals surface area contributed by atoms with Crippen molar-refractivity contribution in [2.24, 2.45) is 5.10 Å². The minimum atomic E-state index is -1.49. The van der Waals surface area contributed by atoms with Crippen LogP contribution in [0, 0.1) is 6.92 Å². The number of aryl methyl sites for hydroxylation is 1. The summed E-state index contributed by atoms with van der Waals surface area (Å²) < 4.78 is 11.2. The van der Waals surface area contributed by atoms with Gasteiger partial charge in [-0.1, -0.05) is 29.8 Å². The number of hydrazone groups is 1. The summed E-state index contributed by atoms with van der Waals surface area (Å²) in [7, 11) is 1.58. The zero-order valence-electron chi connectivity index (χ0n) is 15.4. The normalized spacial score (nSPS) is 11.4. The number of methoxy groups -OCH3 is 1. The maximum absolute atomic E-state index is 11.6. The Labute approximate surface area is 153 Å². The lowest BCUT2D eigenvalue weighted by atomic mass is 10.1. The Hall–Kier alpha value is -2.86. The quantitative estimate of drug-likeness (QED) is 0.590. The number of benzene rings is 2. The second-order valence-corrected chi connectivity index (χ2v) is 6.45. The molecular weight excluding hydrogens is 332 g/mol. The van der Waals surface area contributed by atoms with Gasteiger partial charge in [0.25, 0.3) is 5.91 Å². The molecule has 0 aliphatic carbocycles. The molecule has 0 heterocycles. The van der Waals surface area contributed by atoms with Crippen LogP contribution in [0.1, 0.15) is 30.5 Å². The van der Waals surface area contributed by atoms with Crippen LogP contribution < -0.4 is 14.9 Å². The Balaban J connectivity index is 2.08. The Morgan fingerprint density at radius 1 is 1.23 bits per heavy atom. The molecule has 6 heteroatoms. The van der Waals surface area contributed by atoms with Crippen molar-refractivity contribution in [3.05, 3.63) is 59.2 Å². The summed E-state index contributed by atoms with van der Waals surface area (Å²) in [6, 6.07) is 13.4. The predicted octanol–water partition coefficient (Wildman–Crippen LogP) is 2.80. The molecule has 138 valence electrons. The Kier molecular flexibility index (Phi) is 6.36. The molecule has 0 unspecified atom stereocenters. The maximum Gasteiger partial charge on any atom is 0.271 e. The van der Waals surface area contributed by atoms with Crippen LogP contribution in [-0.4, -0.2) is 29.9 Å². The van der Waals surface area contributed by atoms with Crippen molar-refractivity contribution in [1.29, 1.82) is 0 Å². The molecule has 2 aromatic carbocycles. The fourth-order valence-corrected chi connectivity index (χ4v) is 2.15. The van der Waals surface area contributed by atoms with Gasteiger partial charge in [0.05, 0.1) is 13.3 Å². The first-order valence-corrected chi connectivity index (χ1v) is 8.22. The van der Waals surface area contributed by atoms with Crippen LogP contribution in [0.3, 0.4) is 0 Å². The lowest BCUT2D eigenvalue weighted by molar-refractivity contribution is -0.136. The number of carbonyl (C=O) groups is 1. The first-order valence-electron chi connectivity index (χ1n) is 8.22. The largest absolute Gasteiger partial charge is 0.493 e. The highest BCUT2D eigenvalue weighted by molar-refractivity contribution is 5.86. The predicted molar refractivity (Wildman–Crippen MR) is 101 cm³/mol. The summed E-state index contributed by atoms with van der Waals surface area (Å²) in [4.78, 5) is 11.6. The lowest BCUT2D eigenvalue weighted by Crippen LogP contribution is -2.39. The fourth-order valence-electron chi connectivity index (χ4n) is 2.15. The van der Waals surface area contributed by atoms with Gasteiger partial charge in [-0.3, -0.25) is 4.79 Å². The smallest absolute Gasteiger partial charge is 0.271 e. The molecule has 26 heavy (non-hydrogen) atoms. The Morgan fingerprint density at radius 3 is 2.65 bits per heavy atom. The molecule has 0 atom stereocenters. The number of nitrogens with zero attached hydrogens (tertiary/aromatic N) is 1. The van der Waals surface area contributed by atoms with Gasteiger partial charge in [0.1, 0.15) is 12.2 Å². The van der Waals surface area contributed by atoms with Crippen LogP contribution in [0.2, 0.25) is 0 Å². The van der Waals surface area contributed by atoms with E-state index in [1.165, 1.54) is 25.6 Å². The summed E-state index contributed by atoms with van der Waals surface area (Å²) in [5.74, 6) is 0.597. The zero-order valence-corrected chi connectivity index (χ0v) is 15.4. The fraction of sp³-hybridized carbons (Fsp3) is 0.300. The van der Waals surface area contributed by atoms with Gasteiger partial charge in [-0.25, -0.2) is 5.43 Å². The number of aliphatic hydroxyl groups is 1. The van der Waals surface area contributed by atoms with E-state index in [9.17, 15) is 9.90 Å². The van der Waals surface area contributed by atoms with Gasteiger partial charge in [0, 0.05) is 0 Å². The summed E-state index contributed by atoms with van der Waals surface area (Å²) in [5, 5.41) is 13.4. The minimum Gasteiger partial charge on any atom is -0.493 e. The van der Waals surface area contributed by atoms with Gasteiger partial charge < -0.3 is 14.6 Å². The summed E-state index contributed by atoms with van der Waals surface area (Å²) in [6.07, 6.45) is 1.47. The van der Waals surface area contributed by atoms with E-state index in [-0.39, 0.29) is 0 Å². The van der Waals surface area contributed by atoms with Crippen molar-refractivity contribution in [2.45, 2.75) is 33.0 Å². The zero-order chi connectivity index (χ0) is 19.2. The molecule has 0 radical (unpaired) electrons. The van der Waals surface area contributed by atoms with E-state index in [1.54, 1.807) is 25.3 Å². The van der Waals surface area contributed by atoms with E-state index in [4.69, 9.17) is 9.47 Å². The van der Waals surface area contributed by atoms with Gasteiger partial charge in [-0.15, -0.1) is 0 Å². The third kappa shape index (κ3) is 5.60. The summed E-state index contributed by atoms with van der Waals surface area (Å²) >= 11 is 0. The van der Waals surface area contributed by atoms with Gasteiger partial charge in [-0.05, 0) is 50.1 Å². The molecule has 0 saturated heterocycles. The molecule has 0 bridgehead atoms. The van der Waals surface area contributed by atoms with E-state index in [0.717, 1.165) is 11.1 Å². The van der Waals surface area contributed by atoms with Crippen LogP contribution in [0.25, 0.3) is 0 Å². The van der Waals surface area contributed by atoms with E-state index in [1.807, 2.05) is 25.1 Å². The second-order valence-electron chi connectivity index (χ2n) is 6.45. The van der Waals surface area contributed by atoms with Crippen molar-refractivity contribution in [1.82, 2.24) is 5.43 Å². The average Bonchev–Trinajstić information content (AvgIpc) is 2.59. The van der Waals surface area contributed by atoms with Crippen molar-refractivity contribution in [3.8, 4) is 11.5 Å². The molecule has 2 aromatic rings. The SMILES string of the molecule is COc1ccc(/C=N\NC(=O)C(C)(C)O)cc1OCc1cccc(C)c1. The minimum absolute atomic E-state index is 0.411. The third-order valence-electron chi connectivity index (χ3n) is 3.60. The lowest BCUT2D eigenvalue weighted by Gasteiger charge is -2.14. The van der Waals surface area contributed by atoms with E-state index in [2.05, 4.69) is 16.6 Å². The number of carbonyl (C=O) groups excluding carboxylic acids is 1. The number of ether oxygens (including phenoxy) is 2. The Morgan fingerprint density at radius 2 is 2.00 bits per heavy atom. The maximum atomic E-state index is 11.6. The summed E-state index contributed by atoms with van der Waals surface area (Å²) in [6.45, 7) is 5.22. The molecule has 0 aliphatic heterocycles. The van der Waals surface area contributed by atoms with Crippen molar-refractivity contribution in [3.63, 3.8) is 0 Å². The van der Waals surface area contributed by atoms with Gasteiger partial charge >= 0.3 is 0 Å². The topological polar surface area (TPSA) is 80.2 Å². The molecule has 0 aromatic heterocycles. The molecule has 6 nitrogen and oxygen atoms in total. The summed E-state index contributed by atoms with van der Waals surface area (Å²) in [5.41, 5.74) is 3.76. The highest BCUT2D eigenvalue weighted by Crippen LogP contribution is 2.28. The first-order chi connectivity index (χ1) is 12.3.